The molecular formula is C14H14Cl2N2O2S. The first-order valence-electron chi connectivity index (χ1n) is 6.14. The van der Waals surface area contributed by atoms with Gasteiger partial charge in [0.2, 0.25) is 10.0 Å². The zero-order valence-electron chi connectivity index (χ0n) is 11.2. The monoisotopic (exact) mass is 344 g/mol. The van der Waals surface area contributed by atoms with E-state index in [0.717, 1.165) is 11.3 Å². The van der Waals surface area contributed by atoms with Crippen LogP contribution in [0, 0.1) is 0 Å². The van der Waals surface area contributed by atoms with Crippen LogP contribution in [0.1, 0.15) is 5.56 Å². The third kappa shape index (κ3) is 3.89. The Balaban J connectivity index is 2.12. The Morgan fingerprint density at radius 2 is 1.57 bits per heavy atom. The molecule has 2 N–H and O–H groups in total. The summed E-state index contributed by atoms with van der Waals surface area (Å²) >= 11 is 12.2. The van der Waals surface area contributed by atoms with E-state index in [-0.39, 0.29) is 4.90 Å². The van der Waals surface area contributed by atoms with Crippen molar-refractivity contribution in [2.24, 2.45) is 0 Å². The normalized spacial score (nSPS) is 11.4. The predicted octanol–water partition coefficient (Wildman–Crippen LogP) is 3.51. The van der Waals surface area contributed by atoms with E-state index >= 15 is 0 Å². The van der Waals surface area contributed by atoms with Crippen LogP contribution in [-0.4, -0.2) is 15.5 Å². The van der Waals surface area contributed by atoms with Crippen molar-refractivity contribution in [1.82, 2.24) is 4.72 Å². The van der Waals surface area contributed by atoms with Gasteiger partial charge in [0, 0.05) is 27.8 Å². The molecule has 0 aliphatic carbocycles. The number of anilines is 1. The zero-order valence-corrected chi connectivity index (χ0v) is 13.6. The van der Waals surface area contributed by atoms with E-state index in [0.29, 0.717) is 16.6 Å². The number of benzene rings is 2. The molecule has 2 aromatic carbocycles. The second kappa shape index (κ2) is 6.66. The fourth-order valence-electron chi connectivity index (χ4n) is 1.76. The molecule has 0 heterocycles. The summed E-state index contributed by atoms with van der Waals surface area (Å²) in [6, 6.07) is 11.8. The van der Waals surface area contributed by atoms with Gasteiger partial charge in [-0.1, -0.05) is 29.3 Å². The van der Waals surface area contributed by atoms with Crippen LogP contribution >= 0.6 is 23.2 Å². The standard InChI is InChI=1S/C14H14Cl2N2O2S/c1-17-21(19,20)11-7-5-10(6-8-11)18-9-12-13(15)3-2-4-14(12)16/h2-8,17-18H,9H2,1H3. The van der Waals surface area contributed by atoms with Gasteiger partial charge in [-0.05, 0) is 43.4 Å². The highest BCUT2D eigenvalue weighted by atomic mass is 35.5. The SMILES string of the molecule is CNS(=O)(=O)c1ccc(NCc2c(Cl)cccc2Cl)cc1. The van der Waals surface area contributed by atoms with Crippen molar-refractivity contribution in [3.63, 3.8) is 0 Å². The molecule has 0 spiro atoms. The first-order valence-corrected chi connectivity index (χ1v) is 8.38. The van der Waals surface area contributed by atoms with Crippen molar-refractivity contribution in [3.8, 4) is 0 Å². The Labute approximate surface area is 134 Å². The van der Waals surface area contributed by atoms with Crippen molar-refractivity contribution < 1.29 is 8.42 Å². The maximum absolute atomic E-state index is 11.6. The van der Waals surface area contributed by atoms with Crippen molar-refractivity contribution in [2.75, 3.05) is 12.4 Å². The molecule has 0 unspecified atom stereocenters. The summed E-state index contributed by atoms with van der Waals surface area (Å²) in [5.41, 5.74) is 1.58. The Kier molecular flexibility index (Phi) is 5.11. The third-order valence-electron chi connectivity index (χ3n) is 2.96. The van der Waals surface area contributed by atoms with Gasteiger partial charge in [-0.25, -0.2) is 13.1 Å². The number of halogens is 2. The third-order valence-corrected chi connectivity index (χ3v) is 5.10. The molecule has 0 bridgehead atoms. The molecule has 0 atom stereocenters. The fraction of sp³-hybridized carbons (Fsp3) is 0.143. The molecule has 2 rings (SSSR count). The minimum absolute atomic E-state index is 0.214. The minimum atomic E-state index is -3.42. The summed E-state index contributed by atoms with van der Waals surface area (Å²) in [5, 5.41) is 4.33. The molecule has 7 heteroatoms. The average Bonchev–Trinajstić information content (AvgIpc) is 2.47. The average molecular weight is 345 g/mol. The smallest absolute Gasteiger partial charge is 0.240 e. The van der Waals surface area contributed by atoms with Crippen LogP contribution in [0.15, 0.2) is 47.4 Å². The lowest BCUT2D eigenvalue weighted by molar-refractivity contribution is 0.588. The Bertz CT molecular complexity index is 711. The highest BCUT2D eigenvalue weighted by Crippen LogP contribution is 2.25. The highest BCUT2D eigenvalue weighted by molar-refractivity contribution is 7.89. The molecule has 0 radical (unpaired) electrons. The van der Waals surface area contributed by atoms with E-state index in [1.807, 2.05) is 0 Å². The van der Waals surface area contributed by atoms with Gasteiger partial charge < -0.3 is 5.32 Å². The molecule has 0 aliphatic rings. The van der Waals surface area contributed by atoms with Crippen molar-refractivity contribution in [2.45, 2.75) is 11.4 Å². The summed E-state index contributed by atoms with van der Waals surface area (Å²) in [6.07, 6.45) is 0. The van der Waals surface area contributed by atoms with Gasteiger partial charge in [0.15, 0.2) is 0 Å². The van der Waals surface area contributed by atoms with Gasteiger partial charge in [-0.15, -0.1) is 0 Å². The van der Waals surface area contributed by atoms with Gasteiger partial charge in [-0.2, -0.15) is 0 Å². The van der Waals surface area contributed by atoms with Crippen LogP contribution in [-0.2, 0) is 16.6 Å². The molecule has 0 saturated carbocycles. The molecule has 2 aromatic rings. The van der Waals surface area contributed by atoms with Crippen molar-refractivity contribution in [3.05, 3.63) is 58.1 Å². The topological polar surface area (TPSA) is 58.2 Å². The van der Waals surface area contributed by atoms with Crippen LogP contribution in [0.5, 0.6) is 0 Å². The van der Waals surface area contributed by atoms with Crippen molar-refractivity contribution >= 4 is 38.9 Å². The van der Waals surface area contributed by atoms with Crippen molar-refractivity contribution in [1.29, 1.82) is 0 Å². The molecule has 0 aliphatic heterocycles. The summed E-state index contributed by atoms with van der Waals surface area (Å²) in [5.74, 6) is 0. The van der Waals surface area contributed by atoms with Gasteiger partial charge in [-0.3, -0.25) is 0 Å². The van der Waals surface area contributed by atoms with Gasteiger partial charge >= 0.3 is 0 Å². The summed E-state index contributed by atoms with van der Waals surface area (Å²) < 4.78 is 25.5. The van der Waals surface area contributed by atoms with Crippen LogP contribution in [0.4, 0.5) is 5.69 Å². The quantitative estimate of drug-likeness (QED) is 0.872. The molecule has 0 saturated heterocycles. The fourth-order valence-corrected chi connectivity index (χ4v) is 3.02. The molecular weight excluding hydrogens is 331 g/mol. The molecule has 21 heavy (non-hydrogen) atoms. The second-order valence-corrected chi connectivity index (χ2v) is 6.99. The zero-order chi connectivity index (χ0) is 15.5. The van der Waals surface area contributed by atoms with Crippen LogP contribution in [0.25, 0.3) is 0 Å². The summed E-state index contributed by atoms with van der Waals surface area (Å²) in [4.78, 5) is 0.214. The number of rotatable bonds is 5. The summed E-state index contributed by atoms with van der Waals surface area (Å²) in [7, 11) is -2.04. The molecule has 0 amide bonds. The maximum Gasteiger partial charge on any atom is 0.240 e. The first-order chi connectivity index (χ1) is 9.94. The number of hydrogen-bond donors (Lipinski definition) is 2. The van der Waals surface area contributed by atoms with Gasteiger partial charge in [0.25, 0.3) is 0 Å². The van der Waals surface area contributed by atoms with E-state index in [4.69, 9.17) is 23.2 Å². The molecule has 0 fully saturated rings. The van der Waals surface area contributed by atoms with E-state index in [1.165, 1.54) is 19.2 Å². The van der Waals surface area contributed by atoms with E-state index < -0.39 is 10.0 Å². The number of hydrogen-bond acceptors (Lipinski definition) is 3. The van der Waals surface area contributed by atoms with E-state index in [2.05, 4.69) is 10.0 Å². The van der Waals surface area contributed by atoms with Crippen LogP contribution in [0.2, 0.25) is 10.0 Å². The lowest BCUT2D eigenvalue weighted by atomic mass is 10.2. The lowest BCUT2D eigenvalue weighted by Gasteiger charge is -2.10. The Morgan fingerprint density at radius 3 is 2.10 bits per heavy atom. The molecule has 4 nitrogen and oxygen atoms in total. The van der Waals surface area contributed by atoms with E-state index in [9.17, 15) is 8.42 Å². The number of nitrogens with one attached hydrogen (secondary N) is 2. The largest absolute Gasteiger partial charge is 0.381 e. The molecule has 112 valence electrons. The van der Waals surface area contributed by atoms with Crippen LogP contribution in [0.3, 0.4) is 0 Å². The van der Waals surface area contributed by atoms with Crippen LogP contribution < -0.4 is 10.0 Å². The van der Waals surface area contributed by atoms with Gasteiger partial charge in [0.1, 0.15) is 0 Å². The predicted molar refractivity (Wildman–Crippen MR) is 86.5 cm³/mol. The summed E-state index contributed by atoms with van der Waals surface area (Å²) in [6.45, 7) is 0.455. The second-order valence-electron chi connectivity index (χ2n) is 4.29. The minimum Gasteiger partial charge on any atom is -0.381 e. The van der Waals surface area contributed by atoms with Gasteiger partial charge in [0.05, 0.1) is 4.90 Å². The Morgan fingerprint density at radius 1 is 1.00 bits per heavy atom. The highest BCUT2D eigenvalue weighted by Gasteiger charge is 2.10. The first kappa shape index (κ1) is 16.1. The molecule has 0 aromatic heterocycles. The number of sulfonamides is 1. The maximum atomic E-state index is 11.6. The Hall–Kier alpha value is -1.27. The van der Waals surface area contributed by atoms with E-state index in [1.54, 1.807) is 30.3 Å². The lowest BCUT2D eigenvalue weighted by Crippen LogP contribution is -2.18.